The lowest BCUT2D eigenvalue weighted by Gasteiger charge is -2.16. The van der Waals surface area contributed by atoms with Gasteiger partial charge in [-0.25, -0.2) is 0 Å². The zero-order valence-electron chi connectivity index (χ0n) is 16.2. The summed E-state index contributed by atoms with van der Waals surface area (Å²) in [7, 11) is 0. The van der Waals surface area contributed by atoms with E-state index in [1.54, 1.807) is 0 Å². The molecule has 26 heavy (non-hydrogen) atoms. The van der Waals surface area contributed by atoms with Gasteiger partial charge in [-0.05, 0) is 44.5 Å². The van der Waals surface area contributed by atoms with Gasteiger partial charge in [-0.15, -0.1) is 0 Å². The average molecular weight is 341 g/mol. The van der Waals surface area contributed by atoms with Crippen LogP contribution in [0.5, 0.6) is 0 Å². The van der Waals surface area contributed by atoms with Gasteiger partial charge in [-0.2, -0.15) is 0 Å². The van der Waals surface area contributed by atoms with Crippen LogP contribution in [-0.2, 0) is 0 Å². The first-order valence-electron chi connectivity index (χ1n) is 9.54. The predicted octanol–water partition coefficient (Wildman–Crippen LogP) is 5.40. The fourth-order valence-electron chi connectivity index (χ4n) is 3.79. The summed E-state index contributed by atoms with van der Waals surface area (Å²) in [6.07, 6.45) is 0. The Morgan fingerprint density at radius 1 is 0.462 bits per heavy atom. The van der Waals surface area contributed by atoms with Crippen molar-refractivity contribution in [3.05, 3.63) is 106 Å². The van der Waals surface area contributed by atoms with Crippen LogP contribution >= 0.6 is 0 Å². The minimum atomic E-state index is 0.447. The molecule has 0 radical (unpaired) electrons. The molecule has 132 valence electrons. The highest BCUT2D eigenvalue weighted by Gasteiger charge is 2.12. The Hall–Kier alpha value is -2.60. The molecule has 0 unspecified atom stereocenters. The lowest BCUT2D eigenvalue weighted by molar-refractivity contribution is 0.840. The monoisotopic (exact) mass is 340 g/mol. The number of rotatable bonds is 4. The molecule has 0 heterocycles. The van der Waals surface area contributed by atoms with Gasteiger partial charge < -0.3 is 0 Å². The van der Waals surface area contributed by atoms with E-state index in [1.165, 1.54) is 32.7 Å². The zero-order chi connectivity index (χ0) is 18.5. The van der Waals surface area contributed by atoms with Crippen molar-refractivity contribution in [2.45, 2.75) is 27.7 Å². The molecule has 3 rings (SSSR count). The molecular weight excluding hydrogens is 312 g/mol. The van der Waals surface area contributed by atoms with Crippen molar-refractivity contribution in [1.29, 1.82) is 0 Å². The van der Waals surface area contributed by atoms with E-state index in [4.69, 9.17) is 0 Å². The Morgan fingerprint density at radius 2 is 0.769 bits per heavy atom. The third kappa shape index (κ3) is 3.80. The fourth-order valence-corrected chi connectivity index (χ4v) is 3.79. The van der Waals surface area contributed by atoms with E-state index in [0.29, 0.717) is 11.8 Å². The molecule has 0 spiro atoms. The standard InChI is InChI=1S/C26H28/c1-19(2)25(21-13-7-5-8-14-21)23-17-11-12-18-24(23)26(20(3)4)22-15-9-6-10-16-22/h5-20H,1-4H3. The first kappa shape index (κ1) is 18.2. The molecule has 0 atom stereocenters. The summed E-state index contributed by atoms with van der Waals surface area (Å²) in [6.45, 7) is 9.15. The Morgan fingerprint density at radius 3 is 1.08 bits per heavy atom. The second-order valence-electron chi connectivity index (χ2n) is 7.41. The van der Waals surface area contributed by atoms with Gasteiger partial charge in [-0.1, -0.05) is 113 Å². The van der Waals surface area contributed by atoms with E-state index in [0.717, 1.165) is 0 Å². The maximum absolute atomic E-state index is 2.29. The molecule has 0 aliphatic heterocycles. The smallest absolute Gasteiger partial charge is 0.0140 e. The molecule has 0 N–H and O–H groups in total. The van der Waals surface area contributed by atoms with Crippen molar-refractivity contribution in [2.75, 3.05) is 0 Å². The summed E-state index contributed by atoms with van der Waals surface area (Å²) < 4.78 is 0. The summed E-state index contributed by atoms with van der Waals surface area (Å²) in [5.41, 5.74) is 5.45. The lowest BCUT2D eigenvalue weighted by atomic mass is 9.88. The molecule has 0 aromatic heterocycles. The van der Waals surface area contributed by atoms with Gasteiger partial charge in [0.15, 0.2) is 0 Å². The number of hydrogen-bond donors (Lipinski definition) is 0. The first-order valence-corrected chi connectivity index (χ1v) is 9.54. The highest BCUT2D eigenvalue weighted by molar-refractivity contribution is 5.71. The maximum Gasteiger partial charge on any atom is -0.0140 e. The molecule has 0 saturated heterocycles. The van der Waals surface area contributed by atoms with E-state index in [-0.39, 0.29) is 0 Å². The van der Waals surface area contributed by atoms with Crippen LogP contribution in [0.25, 0.3) is 11.1 Å². The van der Waals surface area contributed by atoms with Gasteiger partial charge in [0.05, 0.1) is 0 Å². The summed E-state index contributed by atoms with van der Waals surface area (Å²) in [5, 5.41) is 2.70. The molecule has 0 saturated carbocycles. The van der Waals surface area contributed by atoms with Crippen LogP contribution < -0.4 is 10.4 Å². The minimum Gasteiger partial charge on any atom is -0.0622 e. The summed E-state index contributed by atoms with van der Waals surface area (Å²) in [4.78, 5) is 0. The number of hydrogen-bond acceptors (Lipinski definition) is 0. The lowest BCUT2D eigenvalue weighted by Crippen LogP contribution is -2.32. The van der Waals surface area contributed by atoms with Crippen LogP contribution in [0.1, 0.15) is 38.8 Å². The van der Waals surface area contributed by atoms with E-state index in [1.807, 2.05) is 0 Å². The third-order valence-electron chi connectivity index (χ3n) is 4.83. The Balaban J connectivity index is 2.49. The third-order valence-corrected chi connectivity index (χ3v) is 4.83. The predicted molar refractivity (Wildman–Crippen MR) is 113 cm³/mol. The number of benzene rings is 3. The van der Waals surface area contributed by atoms with Crippen molar-refractivity contribution in [3.63, 3.8) is 0 Å². The van der Waals surface area contributed by atoms with Gasteiger partial charge >= 0.3 is 0 Å². The van der Waals surface area contributed by atoms with Gasteiger partial charge in [0.1, 0.15) is 0 Å². The van der Waals surface area contributed by atoms with E-state index in [2.05, 4.69) is 113 Å². The average Bonchev–Trinajstić information content (AvgIpc) is 2.65. The molecule has 0 nitrogen and oxygen atoms in total. The van der Waals surface area contributed by atoms with E-state index >= 15 is 0 Å². The van der Waals surface area contributed by atoms with Crippen molar-refractivity contribution in [2.24, 2.45) is 11.8 Å². The highest BCUT2D eigenvalue weighted by Crippen LogP contribution is 2.21. The van der Waals surface area contributed by atoms with E-state index in [9.17, 15) is 0 Å². The van der Waals surface area contributed by atoms with Gasteiger partial charge in [-0.3, -0.25) is 0 Å². The molecule has 0 fully saturated rings. The van der Waals surface area contributed by atoms with Crippen LogP contribution in [0.3, 0.4) is 0 Å². The molecule has 0 bridgehead atoms. The Bertz CT molecular complexity index is 879. The second-order valence-corrected chi connectivity index (χ2v) is 7.41. The van der Waals surface area contributed by atoms with E-state index < -0.39 is 0 Å². The first-order chi connectivity index (χ1) is 12.6. The molecular formula is C26H28. The van der Waals surface area contributed by atoms with Crippen LogP contribution in [0.2, 0.25) is 0 Å². The normalized spacial score (nSPS) is 13.8. The largest absolute Gasteiger partial charge is 0.0622 e. The minimum absolute atomic E-state index is 0.447. The quantitative estimate of drug-likeness (QED) is 0.597. The van der Waals surface area contributed by atoms with Crippen molar-refractivity contribution in [1.82, 2.24) is 0 Å². The second kappa shape index (κ2) is 8.19. The zero-order valence-corrected chi connectivity index (χ0v) is 16.2. The molecule has 0 amide bonds. The Labute approximate surface area is 157 Å². The summed E-state index contributed by atoms with van der Waals surface area (Å²) >= 11 is 0. The summed E-state index contributed by atoms with van der Waals surface area (Å²) in [6, 6.07) is 30.5. The topological polar surface area (TPSA) is 0 Å². The van der Waals surface area contributed by atoms with Crippen LogP contribution in [0, 0.1) is 11.8 Å². The van der Waals surface area contributed by atoms with Gasteiger partial charge in [0, 0.05) is 0 Å². The maximum atomic E-state index is 2.29. The summed E-state index contributed by atoms with van der Waals surface area (Å²) in [5.74, 6) is 0.894. The van der Waals surface area contributed by atoms with Crippen LogP contribution in [-0.4, -0.2) is 0 Å². The molecule has 0 heteroatoms. The van der Waals surface area contributed by atoms with Crippen molar-refractivity contribution >= 4 is 11.1 Å². The van der Waals surface area contributed by atoms with Crippen LogP contribution in [0.4, 0.5) is 0 Å². The van der Waals surface area contributed by atoms with Gasteiger partial charge in [0.2, 0.25) is 0 Å². The molecule has 3 aromatic carbocycles. The van der Waals surface area contributed by atoms with Crippen molar-refractivity contribution in [3.8, 4) is 0 Å². The van der Waals surface area contributed by atoms with Crippen LogP contribution in [0.15, 0.2) is 84.9 Å². The molecule has 0 aliphatic carbocycles. The Kier molecular flexibility index (Phi) is 5.73. The van der Waals surface area contributed by atoms with Crippen molar-refractivity contribution < 1.29 is 0 Å². The molecule has 3 aromatic rings. The fraction of sp³-hybridized carbons (Fsp3) is 0.231. The highest BCUT2D eigenvalue weighted by atomic mass is 14.2. The molecule has 0 aliphatic rings. The van der Waals surface area contributed by atoms with Gasteiger partial charge in [0.25, 0.3) is 0 Å². The SMILES string of the molecule is CC(C)C(c1ccccc1)=c1ccccc1=C(c1ccccc1)C(C)C.